The summed E-state index contributed by atoms with van der Waals surface area (Å²) in [6.45, 7) is 6.04. The standard InChI is InChI=1S/C29H27F3N6O4/c1-28(2,3)42-26(39)36-13-20-21(14-36)29(20,15-33)19-5-4-16(8-22(19)30)25-23(31)9-17(10-24(25)32)38-12-18(41-27(38)40)11-37-7-6-34-35-37/h4-10,18,20-21H,11-14H2,1-3H3/t18-,20?,21?,29?/m0/s1. The summed E-state index contributed by atoms with van der Waals surface area (Å²) < 4.78 is 58.2. The second-order valence-corrected chi connectivity index (χ2v) is 11.8. The van der Waals surface area contributed by atoms with Crippen molar-refractivity contribution in [2.45, 2.75) is 44.4 Å². The monoisotopic (exact) mass is 580 g/mol. The smallest absolute Gasteiger partial charge is 0.414 e. The Hall–Kier alpha value is -4.60. The molecule has 2 aromatic carbocycles. The molecular weight excluding hydrogens is 553 g/mol. The number of fused-ring (bicyclic) bond motifs is 1. The van der Waals surface area contributed by atoms with E-state index in [0.29, 0.717) is 0 Å². The zero-order chi connectivity index (χ0) is 30.0. The van der Waals surface area contributed by atoms with Crippen molar-refractivity contribution in [3.63, 3.8) is 0 Å². The molecule has 0 bridgehead atoms. The first-order valence-corrected chi connectivity index (χ1v) is 13.4. The number of piperidine rings is 1. The molecule has 10 nitrogen and oxygen atoms in total. The number of likely N-dealkylation sites (tertiary alicyclic amines) is 1. The highest BCUT2D eigenvalue weighted by Gasteiger charge is 2.71. The van der Waals surface area contributed by atoms with Crippen LogP contribution in [-0.2, 0) is 21.4 Å². The van der Waals surface area contributed by atoms with E-state index >= 15 is 13.2 Å². The fourth-order valence-electron chi connectivity index (χ4n) is 6.10. The fraction of sp³-hybridized carbons (Fsp3) is 0.414. The Morgan fingerprint density at radius 3 is 2.38 bits per heavy atom. The average molecular weight is 581 g/mol. The predicted molar refractivity (Wildman–Crippen MR) is 141 cm³/mol. The van der Waals surface area contributed by atoms with Gasteiger partial charge in [-0.2, -0.15) is 5.26 Å². The molecular formula is C29H27F3N6O4. The Kier molecular flexibility index (Phi) is 6.40. The first-order valence-electron chi connectivity index (χ1n) is 13.4. The van der Waals surface area contributed by atoms with Crippen LogP contribution in [0.2, 0.25) is 0 Å². The van der Waals surface area contributed by atoms with E-state index in [1.807, 2.05) is 0 Å². The van der Waals surface area contributed by atoms with Crippen LogP contribution in [0.15, 0.2) is 42.7 Å². The minimum Gasteiger partial charge on any atom is -0.444 e. The van der Waals surface area contributed by atoms with Gasteiger partial charge in [0.1, 0.15) is 29.2 Å². The van der Waals surface area contributed by atoms with Crippen molar-refractivity contribution >= 4 is 17.9 Å². The molecule has 3 aliphatic rings. The van der Waals surface area contributed by atoms with E-state index in [1.54, 1.807) is 27.0 Å². The van der Waals surface area contributed by atoms with E-state index < -0.39 is 52.3 Å². The number of rotatable bonds is 5. The lowest BCUT2D eigenvalue weighted by molar-refractivity contribution is 0.0265. The number of ether oxygens (including phenoxy) is 2. The van der Waals surface area contributed by atoms with E-state index in [9.17, 15) is 14.9 Å². The minimum absolute atomic E-state index is 0.0410. The summed E-state index contributed by atoms with van der Waals surface area (Å²) >= 11 is 0. The molecule has 218 valence electrons. The Bertz CT molecular complexity index is 1580. The first-order chi connectivity index (χ1) is 19.9. The topological polar surface area (TPSA) is 114 Å². The molecule has 1 aromatic heterocycles. The van der Waals surface area contributed by atoms with E-state index in [-0.39, 0.29) is 54.8 Å². The SMILES string of the molecule is CC(C)(C)OC(=O)N1CC2C(C1)C2(C#N)c1ccc(-c2c(F)cc(N3C[C@H](Cn4ccnn4)OC3=O)cc2F)cc1F. The number of carbonyl (C=O) groups excluding carboxylic acids is 2. The molecule has 13 heteroatoms. The summed E-state index contributed by atoms with van der Waals surface area (Å²) in [5.41, 5.74) is -2.24. The quantitative estimate of drug-likeness (QED) is 0.432. The number of amides is 2. The van der Waals surface area contributed by atoms with Crippen LogP contribution in [0.25, 0.3) is 11.1 Å². The molecule has 2 unspecified atom stereocenters. The van der Waals surface area contributed by atoms with Gasteiger partial charge in [-0.1, -0.05) is 17.3 Å². The number of nitriles is 1. The summed E-state index contributed by atoms with van der Waals surface area (Å²) in [6.07, 6.45) is 1.23. The van der Waals surface area contributed by atoms with Gasteiger partial charge in [-0.3, -0.25) is 4.90 Å². The van der Waals surface area contributed by atoms with E-state index in [1.165, 1.54) is 27.9 Å². The Morgan fingerprint density at radius 1 is 1.12 bits per heavy atom. The highest BCUT2D eigenvalue weighted by molar-refractivity contribution is 5.90. The van der Waals surface area contributed by atoms with Gasteiger partial charge in [0.2, 0.25) is 0 Å². The van der Waals surface area contributed by atoms with Crippen LogP contribution < -0.4 is 4.90 Å². The number of carbonyl (C=O) groups is 2. The molecule has 0 N–H and O–H groups in total. The van der Waals surface area contributed by atoms with Crippen molar-refractivity contribution in [2.75, 3.05) is 24.5 Å². The highest BCUT2D eigenvalue weighted by Crippen LogP contribution is 2.63. The van der Waals surface area contributed by atoms with Crippen LogP contribution in [0.3, 0.4) is 0 Å². The average Bonchev–Trinajstić information content (AvgIpc) is 3.41. The van der Waals surface area contributed by atoms with Crippen molar-refractivity contribution < 1.29 is 32.2 Å². The Balaban J connectivity index is 1.20. The van der Waals surface area contributed by atoms with Gasteiger partial charge >= 0.3 is 12.2 Å². The van der Waals surface area contributed by atoms with Gasteiger partial charge in [0, 0.05) is 36.7 Å². The second-order valence-electron chi connectivity index (χ2n) is 11.8. The van der Waals surface area contributed by atoms with Gasteiger partial charge in [-0.05, 0) is 44.5 Å². The van der Waals surface area contributed by atoms with Gasteiger partial charge in [0.05, 0.1) is 42.0 Å². The summed E-state index contributed by atoms with van der Waals surface area (Å²) in [7, 11) is 0. The molecule has 2 saturated heterocycles. The lowest BCUT2D eigenvalue weighted by Crippen LogP contribution is -2.39. The zero-order valence-electron chi connectivity index (χ0n) is 23.1. The molecule has 3 atom stereocenters. The van der Waals surface area contributed by atoms with Crippen LogP contribution in [-0.4, -0.2) is 63.4 Å². The third kappa shape index (κ3) is 4.60. The Labute approximate surface area is 239 Å². The van der Waals surface area contributed by atoms with E-state index in [0.717, 1.165) is 23.1 Å². The maximum atomic E-state index is 15.5. The molecule has 0 spiro atoms. The normalized spacial score (nSPS) is 24.8. The number of benzene rings is 2. The van der Waals surface area contributed by atoms with Crippen LogP contribution in [0.5, 0.6) is 0 Å². The summed E-state index contributed by atoms with van der Waals surface area (Å²) in [5, 5.41) is 17.6. The summed E-state index contributed by atoms with van der Waals surface area (Å²) in [4.78, 5) is 27.5. The van der Waals surface area contributed by atoms with Crippen LogP contribution in [0, 0.1) is 40.6 Å². The number of anilines is 1. The first kappa shape index (κ1) is 27.6. The van der Waals surface area contributed by atoms with Gasteiger partial charge in [-0.25, -0.2) is 27.4 Å². The predicted octanol–water partition coefficient (Wildman–Crippen LogP) is 4.65. The second kappa shape index (κ2) is 9.75. The number of halogens is 3. The molecule has 3 heterocycles. The van der Waals surface area contributed by atoms with Gasteiger partial charge in [-0.15, -0.1) is 5.10 Å². The van der Waals surface area contributed by atoms with Gasteiger partial charge in [0.25, 0.3) is 0 Å². The maximum Gasteiger partial charge on any atom is 0.414 e. The van der Waals surface area contributed by atoms with Crippen LogP contribution in [0.1, 0.15) is 26.3 Å². The number of cyclic esters (lactones) is 1. The molecule has 0 radical (unpaired) electrons. The summed E-state index contributed by atoms with van der Waals surface area (Å²) in [6, 6.07) is 7.99. The third-order valence-corrected chi connectivity index (χ3v) is 8.00. The molecule has 3 aromatic rings. The van der Waals surface area contributed by atoms with Crippen molar-refractivity contribution in [3.8, 4) is 17.2 Å². The molecule has 42 heavy (non-hydrogen) atoms. The molecule has 2 aliphatic heterocycles. The highest BCUT2D eigenvalue weighted by atomic mass is 19.1. The molecule has 3 fully saturated rings. The van der Waals surface area contributed by atoms with Crippen molar-refractivity contribution in [1.29, 1.82) is 5.26 Å². The van der Waals surface area contributed by atoms with E-state index in [2.05, 4.69) is 16.4 Å². The lowest BCUT2D eigenvalue weighted by Gasteiger charge is -2.27. The number of hydrogen-bond acceptors (Lipinski definition) is 7. The third-order valence-electron chi connectivity index (χ3n) is 8.00. The van der Waals surface area contributed by atoms with Crippen LogP contribution in [0.4, 0.5) is 28.4 Å². The number of hydrogen-bond donors (Lipinski definition) is 0. The van der Waals surface area contributed by atoms with E-state index in [4.69, 9.17) is 9.47 Å². The number of nitrogens with zero attached hydrogens (tertiary/aromatic N) is 6. The molecule has 6 rings (SSSR count). The van der Waals surface area contributed by atoms with Gasteiger partial charge < -0.3 is 14.4 Å². The van der Waals surface area contributed by atoms with Crippen LogP contribution >= 0.6 is 0 Å². The Morgan fingerprint density at radius 2 is 1.81 bits per heavy atom. The fourth-order valence-corrected chi connectivity index (χ4v) is 6.10. The largest absolute Gasteiger partial charge is 0.444 e. The lowest BCUT2D eigenvalue weighted by atomic mass is 9.89. The summed E-state index contributed by atoms with van der Waals surface area (Å²) in [5.74, 6) is -3.31. The van der Waals surface area contributed by atoms with Gasteiger partial charge in [0.15, 0.2) is 0 Å². The number of aromatic nitrogens is 3. The van der Waals surface area contributed by atoms with Crippen molar-refractivity contribution in [3.05, 3.63) is 65.7 Å². The van der Waals surface area contributed by atoms with Crippen molar-refractivity contribution in [2.24, 2.45) is 11.8 Å². The maximum absolute atomic E-state index is 15.5. The van der Waals surface area contributed by atoms with Crippen molar-refractivity contribution in [1.82, 2.24) is 19.9 Å². The molecule has 1 aliphatic carbocycles. The molecule has 1 saturated carbocycles. The minimum atomic E-state index is -1.14. The molecule has 2 amide bonds. The zero-order valence-corrected chi connectivity index (χ0v) is 23.1.